The molecule has 2 rings (SSSR count). The molecule has 0 saturated carbocycles. The van der Waals surface area contributed by atoms with Gasteiger partial charge in [0.25, 0.3) is 0 Å². The standard InChI is InChI=1S/C15H17NS.ClH/c1-16(2)11-10-14(15-9-6-12-17-15)13-7-4-3-5-8-13;/h3-10,12H,11H2,1-2H3;1H/b14-10-;. The van der Waals surface area contributed by atoms with Crippen LogP contribution >= 0.6 is 23.7 Å². The summed E-state index contributed by atoms with van der Waals surface area (Å²) in [4.78, 5) is 3.51. The topological polar surface area (TPSA) is 3.24 Å². The smallest absolute Gasteiger partial charge is 0.0345 e. The van der Waals surface area contributed by atoms with Crippen molar-refractivity contribution in [1.29, 1.82) is 0 Å². The Balaban J connectivity index is 0.00000162. The van der Waals surface area contributed by atoms with Gasteiger partial charge in [-0.25, -0.2) is 0 Å². The first kappa shape index (κ1) is 15.0. The van der Waals surface area contributed by atoms with Crippen LogP contribution in [0.1, 0.15) is 10.4 Å². The van der Waals surface area contributed by atoms with E-state index in [1.807, 2.05) is 0 Å². The fourth-order valence-corrected chi connectivity index (χ4v) is 2.47. The Bertz CT molecular complexity index is 474. The molecule has 0 radical (unpaired) electrons. The molecule has 0 amide bonds. The summed E-state index contributed by atoms with van der Waals surface area (Å²) < 4.78 is 0. The molecule has 18 heavy (non-hydrogen) atoms. The van der Waals surface area contributed by atoms with Crippen molar-refractivity contribution < 1.29 is 0 Å². The van der Waals surface area contributed by atoms with E-state index >= 15 is 0 Å². The number of hydrogen-bond donors (Lipinski definition) is 0. The maximum absolute atomic E-state index is 2.29. The maximum atomic E-state index is 2.29. The van der Waals surface area contributed by atoms with Crippen LogP contribution < -0.4 is 0 Å². The molecular formula is C15H18ClNS. The minimum absolute atomic E-state index is 0. The van der Waals surface area contributed by atoms with Gasteiger partial charge in [-0.15, -0.1) is 23.7 Å². The normalized spacial score (nSPS) is 11.4. The van der Waals surface area contributed by atoms with E-state index in [2.05, 4.69) is 72.9 Å². The summed E-state index contributed by atoms with van der Waals surface area (Å²) in [6, 6.07) is 14.9. The Morgan fingerprint density at radius 2 is 1.83 bits per heavy atom. The van der Waals surface area contributed by atoms with E-state index in [1.54, 1.807) is 11.3 Å². The highest BCUT2D eigenvalue weighted by Gasteiger charge is 2.05. The van der Waals surface area contributed by atoms with Gasteiger partial charge >= 0.3 is 0 Å². The van der Waals surface area contributed by atoms with Gasteiger partial charge in [-0.1, -0.05) is 42.5 Å². The Hall–Kier alpha value is -1.09. The van der Waals surface area contributed by atoms with Crippen LogP contribution in [0.3, 0.4) is 0 Å². The highest BCUT2D eigenvalue weighted by Crippen LogP contribution is 2.26. The molecular weight excluding hydrogens is 262 g/mol. The van der Waals surface area contributed by atoms with E-state index < -0.39 is 0 Å². The molecule has 0 aliphatic rings. The summed E-state index contributed by atoms with van der Waals surface area (Å²) in [6.07, 6.45) is 2.29. The van der Waals surface area contributed by atoms with Gasteiger partial charge in [0.05, 0.1) is 0 Å². The second-order valence-electron chi connectivity index (χ2n) is 4.22. The average Bonchev–Trinajstić information content (AvgIpc) is 2.84. The fourth-order valence-electron chi connectivity index (χ4n) is 1.68. The Labute approximate surface area is 119 Å². The number of nitrogens with zero attached hydrogens (tertiary/aromatic N) is 1. The van der Waals surface area contributed by atoms with Gasteiger partial charge in [-0.2, -0.15) is 0 Å². The lowest BCUT2D eigenvalue weighted by Crippen LogP contribution is -2.11. The van der Waals surface area contributed by atoms with Crippen LogP contribution in [0.4, 0.5) is 0 Å². The summed E-state index contributed by atoms with van der Waals surface area (Å²) >= 11 is 1.79. The van der Waals surface area contributed by atoms with E-state index in [-0.39, 0.29) is 12.4 Å². The van der Waals surface area contributed by atoms with Crippen molar-refractivity contribution in [3.05, 3.63) is 64.4 Å². The quantitative estimate of drug-likeness (QED) is 0.812. The lowest BCUT2D eigenvalue weighted by atomic mass is 10.0. The number of hydrogen-bond acceptors (Lipinski definition) is 2. The molecule has 0 spiro atoms. The van der Waals surface area contributed by atoms with E-state index in [0.717, 1.165) is 6.54 Å². The molecule has 1 heterocycles. The van der Waals surface area contributed by atoms with Crippen LogP contribution in [0.25, 0.3) is 5.57 Å². The summed E-state index contributed by atoms with van der Waals surface area (Å²) in [5, 5.41) is 2.13. The minimum Gasteiger partial charge on any atom is -0.306 e. The molecule has 0 aliphatic carbocycles. The highest BCUT2D eigenvalue weighted by molar-refractivity contribution is 7.11. The Kier molecular flexibility index (Phi) is 6.13. The molecule has 0 fully saturated rings. The first-order chi connectivity index (χ1) is 8.27. The van der Waals surface area contributed by atoms with E-state index in [9.17, 15) is 0 Å². The third-order valence-corrected chi connectivity index (χ3v) is 3.44. The van der Waals surface area contributed by atoms with Crippen LogP contribution in [0, 0.1) is 0 Å². The molecule has 0 atom stereocenters. The second-order valence-corrected chi connectivity index (χ2v) is 5.17. The molecule has 0 unspecified atom stereocenters. The zero-order valence-electron chi connectivity index (χ0n) is 10.7. The van der Waals surface area contributed by atoms with Crippen LogP contribution in [0.15, 0.2) is 53.9 Å². The third-order valence-electron chi connectivity index (χ3n) is 2.53. The summed E-state index contributed by atoms with van der Waals surface area (Å²) in [5.41, 5.74) is 2.62. The molecule has 96 valence electrons. The number of benzene rings is 1. The van der Waals surface area contributed by atoms with Crippen molar-refractivity contribution in [2.45, 2.75) is 0 Å². The average molecular weight is 280 g/mol. The summed E-state index contributed by atoms with van der Waals surface area (Å²) in [6.45, 7) is 0.960. The molecule has 1 nitrogen and oxygen atoms in total. The third kappa shape index (κ3) is 3.98. The zero-order valence-corrected chi connectivity index (χ0v) is 12.3. The van der Waals surface area contributed by atoms with Crippen molar-refractivity contribution in [3.63, 3.8) is 0 Å². The van der Waals surface area contributed by atoms with E-state index in [4.69, 9.17) is 0 Å². The van der Waals surface area contributed by atoms with Gasteiger partial charge in [0.15, 0.2) is 0 Å². The van der Waals surface area contributed by atoms with Gasteiger partial charge < -0.3 is 4.90 Å². The van der Waals surface area contributed by atoms with Gasteiger partial charge in [0.1, 0.15) is 0 Å². The number of rotatable bonds is 4. The first-order valence-corrected chi connectivity index (χ1v) is 6.59. The monoisotopic (exact) mass is 279 g/mol. The predicted octanol–water partition coefficient (Wildman–Crippen LogP) is 4.16. The molecule has 0 aliphatic heterocycles. The Morgan fingerprint density at radius 1 is 1.11 bits per heavy atom. The molecule has 3 heteroatoms. The van der Waals surface area contributed by atoms with Crippen LogP contribution in [-0.4, -0.2) is 25.5 Å². The largest absolute Gasteiger partial charge is 0.306 e. The molecule has 0 bridgehead atoms. The molecule has 1 aromatic heterocycles. The number of halogens is 1. The highest BCUT2D eigenvalue weighted by atomic mass is 35.5. The van der Waals surface area contributed by atoms with Gasteiger partial charge in [-0.3, -0.25) is 0 Å². The SMILES string of the molecule is CN(C)C/C=C(/c1ccccc1)c1cccs1.Cl. The lowest BCUT2D eigenvalue weighted by Gasteiger charge is -2.09. The predicted molar refractivity (Wildman–Crippen MR) is 83.6 cm³/mol. The van der Waals surface area contributed by atoms with Gasteiger partial charge in [0.2, 0.25) is 0 Å². The lowest BCUT2D eigenvalue weighted by molar-refractivity contribution is 0.457. The van der Waals surface area contributed by atoms with Crippen LogP contribution in [0.5, 0.6) is 0 Å². The molecule has 0 saturated heterocycles. The zero-order chi connectivity index (χ0) is 12.1. The second kappa shape index (κ2) is 7.37. The van der Waals surface area contributed by atoms with Crippen molar-refractivity contribution in [3.8, 4) is 0 Å². The Morgan fingerprint density at radius 3 is 2.39 bits per heavy atom. The maximum Gasteiger partial charge on any atom is 0.0345 e. The van der Waals surface area contributed by atoms with Crippen molar-refractivity contribution in [1.82, 2.24) is 4.90 Å². The molecule has 0 N–H and O–H groups in total. The molecule has 2 aromatic rings. The van der Waals surface area contributed by atoms with Crippen molar-refractivity contribution in [2.24, 2.45) is 0 Å². The van der Waals surface area contributed by atoms with Crippen molar-refractivity contribution >= 4 is 29.3 Å². The van der Waals surface area contributed by atoms with Gasteiger partial charge in [0, 0.05) is 11.4 Å². The minimum atomic E-state index is 0. The van der Waals surface area contributed by atoms with Crippen molar-refractivity contribution in [2.75, 3.05) is 20.6 Å². The first-order valence-electron chi connectivity index (χ1n) is 5.71. The summed E-state index contributed by atoms with van der Waals surface area (Å²) in [5.74, 6) is 0. The van der Waals surface area contributed by atoms with Crippen LogP contribution in [0.2, 0.25) is 0 Å². The summed E-state index contributed by atoms with van der Waals surface area (Å²) in [7, 11) is 4.18. The molecule has 1 aromatic carbocycles. The fraction of sp³-hybridized carbons (Fsp3) is 0.200. The van der Waals surface area contributed by atoms with E-state index in [0.29, 0.717) is 0 Å². The van der Waals surface area contributed by atoms with Gasteiger partial charge in [-0.05, 0) is 36.7 Å². The number of thiophene rings is 1. The van der Waals surface area contributed by atoms with Crippen LogP contribution in [-0.2, 0) is 0 Å². The van der Waals surface area contributed by atoms with E-state index in [1.165, 1.54) is 16.0 Å². The number of likely N-dealkylation sites (N-methyl/N-ethyl adjacent to an activating group) is 1.